The molecule has 1 unspecified atom stereocenters. The highest BCUT2D eigenvalue weighted by Crippen LogP contribution is 2.16. The van der Waals surface area contributed by atoms with Crippen LogP contribution in [-0.2, 0) is 20.8 Å². The van der Waals surface area contributed by atoms with Gasteiger partial charge in [-0.3, -0.25) is 4.79 Å². The summed E-state index contributed by atoms with van der Waals surface area (Å²) >= 11 is 0. The molecule has 3 rings (SSSR count). The van der Waals surface area contributed by atoms with Gasteiger partial charge >= 0.3 is 0 Å². The number of aryl methyl sites for hydroxylation is 1. The Kier molecular flexibility index (Phi) is 4.93. The van der Waals surface area contributed by atoms with E-state index in [9.17, 15) is 4.79 Å². The van der Waals surface area contributed by atoms with E-state index in [1.165, 1.54) is 0 Å². The van der Waals surface area contributed by atoms with Crippen LogP contribution < -0.4 is 0 Å². The van der Waals surface area contributed by atoms with E-state index in [1.54, 1.807) is 13.4 Å². The van der Waals surface area contributed by atoms with E-state index in [0.29, 0.717) is 32.9 Å². The van der Waals surface area contributed by atoms with E-state index in [4.69, 9.17) is 9.47 Å². The van der Waals surface area contributed by atoms with Crippen molar-refractivity contribution in [2.75, 3.05) is 33.5 Å². The van der Waals surface area contributed by atoms with Crippen molar-refractivity contribution < 1.29 is 14.3 Å². The molecule has 2 aromatic rings. The largest absolute Gasteiger partial charge is 0.385 e. The third-order valence-electron chi connectivity index (χ3n) is 4.29. The average molecular weight is 317 g/mol. The molecule has 1 atom stereocenters. The summed E-state index contributed by atoms with van der Waals surface area (Å²) < 4.78 is 12.6. The van der Waals surface area contributed by atoms with E-state index in [1.807, 2.05) is 28.5 Å². The zero-order valence-electron chi connectivity index (χ0n) is 13.7. The second-order valence-electron chi connectivity index (χ2n) is 5.96. The molecule has 6 nitrogen and oxygen atoms in total. The summed E-state index contributed by atoms with van der Waals surface area (Å²) in [6.07, 6.45) is 2.54. The number of nitrogens with zero attached hydrogens (tertiary/aromatic N) is 3. The molecular formula is C17H23N3O3. The van der Waals surface area contributed by atoms with E-state index in [0.717, 1.165) is 23.0 Å². The summed E-state index contributed by atoms with van der Waals surface area (Å²) in [5, 5.41) is 0. The first-order valence-electron chi connectivity index (χ1n) is 7.96. The van der Waals surface area contributed by atoms with Crippen LogP contribution in [0.3, 0.4) is 0 Å². The molecule has 23 heavy (non-hydrogen) atoms. The summed E-state index contributed by atoms with van der Waals surface area (Å²) in [4.78, 5) is 19.0. The SMILES string of the molecule is COCCC1COCCN1C(=O)Cn1cnc2ccc(C)cc21. The fourth-order valence-corrected chi connectivity index (χ4v) is 3.01. The van der Waals surface area contributed by atoms with Crippen molar-refractivity contribution in [2.24, 2.45) is 0 Å². The second kappa shape index (κ2) is 7.10. The Labute approximate surface area is 136 Å². The Bertz CT molecular complexity index is 683. The number of amides is 1. The van der Waals surface area contributed by atoms with Gasteiger partial charge in [-0.25, -0.2) is 4.98 Å². The number of imidazole rings is 1. The topological polar surface area (TPSA) is 56.6 Å². The Morgan fingerprint density at radius 1 is 1.48 bits per heavy atom. The molecule has 0 saturated carbocycles. The fraction of sp³-hybridized carbons (Fsp3) is 0.529. The highest BCUT2D eigenvalue weighted by molar-refractivity contribution is 5.81. The molecule has 0 spiro atoms. The molecule has 2 heterocycles. The first-order chi connectivity index (χ1) is 11.2. The molecule has 1 fully saturated rings. The molecule has 0 aliphatic carbocycles. The van der Waals surface area contributed by atoms with Gasteiger partial charge in [0.1, 0.15) is 6.54 Å². The maximum atomic E-state index is 12.7. The number of rotatable bonds is 5. The van der Waals surface area contributed by atoms with Gasteiger partial charge in [-0.05, 0) is 31.0 Å². The number of methoxy groups -OCH3 is 1. The second-order valence-corrected chi connectivity index (χ2v) is 5.96. The van der Waals surface area contributed by atoms with Crippen LogP contribution in [0.4, 0.5) is 0 Å². The van der Waals surface area contributed by atoms with Gasteiger partial charge in [0.2, 0.25) is 5.91 Å². The van der Waals surface area contributed by atoms with Crippen LogP contribution in [0.1, 0.15) is 12.0 Å². The number of morpholine rings is 1. The number of carbonyl (C=O) groups is 1. The Morgan fingerprint density at radius 2 is 2.35 bits per heavy atom. The molecular weight excluding hydrogens is 294 g/mol. The first kappa shape index (κ1) is 16.0. The zero-order valence-corrected chi connectivity index (χ0v) is 13.7. The number of aromatic nitrogens is 2. The van der Waals surface area contributed by atoms with Crippen LogP contribution in [0.15, 0.2) is 24.5 Å². The molecule has 6 heteroatoms. The molecule has 0 N–H and O–H groups in total. The van der Waals surface area contributed by atoms with Gasteiger partial charge in [0, 0.05) is 20.3 Å². The third-order valence-corrected chi connectivity index (χ3v) is 4.29. The van der Waals surface area contributed by atoms with Crippen LogP contribution in [-0.4, -0.2) is 59.9 Å². The molecule has 1 amide bonds. The normalized spacial score (nSPS) is 18.5. The predicted octanol–water partition coefficient (Wildman–Crippen LogP) is 1.61. The number of ether oxygens (including phenoxy) is 2. The molecule has 1 aliphatic heterocycles. The summed E-state index contributed by atoms with van der Waals surface area (Å²) in [7, 11) is 1.68. The molecule has 1 saturated heterocycles. The number of fused-ring (bicyclic) bond motifs is 1. The number of hydrogen-bond donors (Lipinski definition) is 0. The van der Waals surface area contributed by atoms with E-state index >= 15 is 0 Å². The highest BCUT2D eigenvalue weighted by atomic mass is 16.5. The Balaban J connectivity index is 1.75. The minimum absolute atomic E-state index is 0.0905. The lowest BCUT2D eigenvalue weighted by Gasteiger charge is -2.35. The number of hydrogen-bond acceptors (Lipinski definition) is 4. The standard InChI is InChI=1S/C17H23N3O3/c1-13-3-4-15-16(9-13)19(12-18-15)10-17(21)20-6-8-23-11-14(20)5-7-22-2/h3-4,9,12,14H,5-8,10-11H2,1-2H3. The van der Waals surface area contributed by atoms with E-state index in [-0.39, 0.29) is 11.9 Å². The maximum Gasteiger partial charge on any atom is 0.242 e. The first-order valence-corrected chi connectivity index (χ1v) is 7.96. The van der Waals surface area contributed by atoms with Crippen molar-refractivity contribution in [1.29, 1.82) is 0 Å². The van der Waals surface area contributed by atoms with Crippen LogP contribution in [0.25, 0.3) is 11.0 Å². The average Bonchev–Trinajstić information content (AvgIpc) is 2.95. The third kappa shape index (κ3) is 3.54. The van der Waals surface area contributed by atoms with Crippen LogP contribution >= 0.6 is 0 Å². The van der Waals surface area contributed by atoms with Crippen LogP contribution in [0.2, 0.25) is 0 Å². The zero-order chi connectivity index (χ0) is 16.2. The van der Waals surface area contributed by atoms with Crippen molar-refractivity contribution in [1.82, 2.24) is 14.5 Å². The van der Waals surface area contributed by atoms with E-state index in [2.05, 4.69) is 11.1 Å². The quantitative estimate of drug-likeness (QED) is 0.841. The summed E-state index contributed by atoms with van der Waals surface area (Å²) in [6, 6.07) is 6.18. The van der Waals surface area contributed by atoms with Crippen molar-refractivity contribution in [3.05, 3.63) is 30.1 Å². The van der Waals surface area contributed by atoms with Gasteiger partial charge < -0.3 is 18.9 Å². The summed E-state index contributed by atoms with van der Waals surface area (Å²) in [5.41, 5.74) is 3.08. The van der Waals surface area contributed by atoms with Gasteiger partial charge in [-0.2, -0.15) is 0 Å². The maximum absolute atomic E-state index is 12.7. The van der Waals surface area contributed by atoms with Gasteiger partial charge in [-0.1, -0.05) is 6.07 Å². The molecule has 1 aromatic heterocycles. The molecule has 0 bridgehead atoms. The Hall–Kier alpha value is -1.92. The van der Waals surface area contributed by atoms with Crippen molar-refractivity contribution in [3.63, 3.8) is 0 Å². The summed E-state index contributed by atoms with van der Waals surface area (Å²) in [6.45, 7) is 4.80. The molecule has 0 radical (unpaired) electrons. The van der Waals surface area contributed by atoms with Gasteiger partial charge in [0.15, 0.2) is 0 Å². The molecule has 1 aliphatic rings. The van der Waals surface area contributed by atoms with Crippen molar-refractivity contribution in [3.8, 4) is 0 Å². The smallest absolute Gasteiger partial charge is 0.242 e. The molecule has 1 aromatic carbocycles. The summed E-state index contributed by atoms with van der Waals surface area (Å²) in [5.74, 6) is 0.107. The lowest BCUT2D eigenvalue weighted by molar-refractivity contribution is -0.141. The van der Waals surface area contributed by atoms with Gasteiger partial charge in [-0.15, -0.1) is 0 Å². The number of carbonyl (C=O) groups excluding carboxylic acids is 1. The van der Waals surface area contributed by atoms with Crippen LogP contribution in [0, 0.1) is 6.92 Å². The molecule has 124 valence electrons. The van der Waals surface area contributed by atoms with Crippen molar-refractivity contribution in [2.45, 2.75) is 25.9 Å². The lowest BCUT2D eigenvalue weighted by atomic mass is 10.1. The van der Waals surface area contributed by atoms with Crippen molar-refractivity contribution >= 4 is 16.9 Å². The van der Waals surface area contributed by atoms with E-state index < -0.39 is 0 Å². The minimum Gasteiger partial charge on any atom is -0.385 e. The predicted molar refractivity (Wildman–Crippen MR) is 87.3 cm³/mol. The van der Waals surface area contributed by atoms with Gasteiger partial charge in [0.25, 0.3) is 0 Å². The monoisotopic (exact) mass is 317 g/mol. The van der Waals surface area contributed by atoms with Crippen LogP contribution in [0.5, 0.6) is 0 Å². The lowest BCUT2D eigenvalue weighted by Crippen LogP contribution is -2.50. The highest BCUT2D eigenvalue weighted by Gasteiger charge is 2.27. The van der Waals surface area contributed by atoms with Gasteiger partial charge in [0.05, 0.1) is 36.6 Å². The number of benzene rings is 1. The minimum atomic E-state index is 0.0905. The fourth-order valence-electron chi connectivity index (χ4n) is 3.01. The Morgan fingerprint density at radius 3 is 3.17 bits per heavy atom.